The fraction of sp³-hybridized carbons (Fsp3) is 0.353. The molecule has 1 aromatic carbocycles. The number of carbonyl (C=O) groups is 1. The summed E-state index contributed by atoms with van der Waals surface area (Å²) in [5.41, 5.74) is 1.58. The van der Waals surface area contributed by atoms with Crippen molar-refractivity contribution in [3.8, 4) is 11.5 Å². The molecule has 0 bridgehead atoms. The number of methoxy groups -OCH3 is 1. The summed E-state index contributed by atoms with van der Waals surface area (Å²) in [5, 5.41) is 12.1. The molecular weight excluding hydrogens is 368 g/mol. The lowest BCUT2D eigenvalue weighted by Crippen LogP contribution is -2.38. The Balaban J connectivity index is 1.96. The molecule has 1 aromatic heterocycles. The molecule has 11 nitrogen and oxygen atoms in total. The van der Waals surface area contributed by atoms with Crippen LogP contribution in [-0.4, -0.2) is 47.1 Å². The summed E-state index contributed by atoms with van der Waals surface area (Å²) in [6, 6.07) is 4.44. The maximum Gasteiger partial charge on any atom is 0.342 e. The standard InChI is InChI=1S/C17H22N6O5/c1-4-7-28-12-6-5-11(8-13(12)27-3)9-18-22-15(24)10(2)19-14-16(25)20-17(26)23-21-14/h5-6,8-10H,4,7H2,1-3H3,(H,19,21)(H,22,24)(H2,20,23,25,26)/b18-9-. The zero-order valence-corrected chi connectivity index (χ0v) is 15.7. The van der Waals surface area contributed by atoms with Crippen LogP contribution in [0.5, 0.6) is 11.5 Å². The van der Waals surface area contributed by atoms with E-state index in [1.54, 1.807) is 18.2 Å². The van der Waals surface area contributed by atoms with E-state index in [1.807, 2.05) is 11.9 Å². The number of anilines is 1. The van der Waals surface area contributed by atoms with Crippen LogP contribution in [0, 0.1) is 0 Å². The molecule has 11 heteroatoms. The number of aromatic nitrogens is 3. The van der Waals surface area contributed by atoms with Crippen LogP contribution < -0.4 is 31.5 Å². The van der Waals surface area contributed by atoms with Crippen LogP contribution in [0.2, 0.25) is 0 Å². The Morgan fingerprint density at radius 1 is 1.36 bits per heavy atom. The van der Waals surface area contributed by atoms with E-state index < -0.39 is 23.2 Å². The van der Waals surface area contributed by atoms with Gasteiger partial charge >= 0.3 is 5.69 Å². The topological polar surface area (TPSA) is 151 Å². The first-order valence-corrected chi connectivity index (χ1v) is 8.54. The number of hydrogen-bond acceptors (Lipinski definition) is 8. The predicted molar refractivity (Wildman–Crippen MR) is 103 cm³/mol. The van der Waals surface area contributed by atoms with Gasteiger partial charge in [-0.2, -0.15) is 5.10 Å². The quantitative estimate of drug-likeness (QED) is 0.353. The van der Waals surface area contributed by atoms with Gasteiger partial charge in [-0.3, -0.25) is 14.6 Å². The van der Waals surface area contributed by atoms with Gasteiger partial charge in [0.2, 0.25) is 5.82 Å². The number of hydrogen-bond donors (Lipinski definition) is 4. The minimum atomic E-state index is -0.823. The number of nitrogens with zero attached hydrogens (tertiary/aromatic N) is 2. The molecule has 0 saturated heterocycles. The van der Waals surface area contributed by atoms with Crippen LogP contribution >= 0.6 is 0 Å². The minimum Gasteiger partial charge on any atom is -0.493 e. The van der Waals surface area contributed by atoms with E-state index in [2.05, 4.69) is 26.0 Å². The third kappa shape index (κ3) is 5.69. The van der Waals surface area contributed by atoms with Gasteiger partial charge in [-0.15, -0.1) is 5.10 Å². The number of benzene rings is 1. The highest BCUT2D eigenvalue weighted by Gasteiger charge is 2.14. The second-order valence-electron chi connectivity index (χ2n) is 5.71. The first-order valence-electron chi connectivity index (χ1n) is 8.54. The van der Waals surface area contributed by atoms with Crippen LogP contribution in [0.25, 0.3) is 0 Å². The van der Waals surface area contributed by atoms with Gasteiger partial charge in [0.25, 0.3) is 11.5 Å². The van der Waals surface area contributed by atoms with Crippen molar-refractivity contribution in [2.24, 2.45) is 5.10 Å². The van der Waals surface area contributed by atoms with Crippen LogP contribution in [0.3, 0.4) is 0 Å². The molecule has 2 aromatic rings. The highest BCUT2D eigenvalue weighted by molar-refractivity contribution is 5.86. The van der Waals surface area contributed by atoms with E-state index in [0.717, 1.165) is 6.42 Å². The third-order valence-electron chi connectivity index (χ3n) is 3.50. The van der Waals surface area contributed by atoms with Gasteiger partial charge in [-0.05, 0) is 37.1 Å². The fourth-order valence-electron chi connectivity index (χ4n) is 2.08. The fourth-order valence-corrected chi connectivity index (χ4v) is 2.08. The Morgan fingerprint density at radius 3 is 2.82 bits per heavy atom. The lowest BCUT2D eigenvalue weighted by molar-refractivity contribution is -0.121. The maximum atomic E-state index is 12.1. The summed E-state index contributed by atoms with van der Waals surface area (Å²) in [5.74, 6) is 0.501. The van der Waals surface area contributed by atoms with Crippen LogP contribution in [0.15, 0.2) is 32.9 Å². The van der Waals surface area contributed by atoms with E-state index in [1.165, 1.54) is 20.2 Å². The molecule has 0 spiro atoms. The second kappa shape index (κ2) is 9.90. The van der Waals surface area contributed by atoms with Gasteiger partial charge in [0, 0.05) is 0 Å². The SMILES string of the molecule is CCCOc1ccc(/C=N\NC(=O)C(C)Nc2n[nH]c(=O)[nH]c2=O)cc1OC. The van der Waals surface area contributed by atoms with Crippen molar-refractivity contribution < 1.29 is 14.3 Å². The van der Waals surface area contributed by atoms with Gasteiger partial charge < -0.3 is 14.8 Å². The summed E-state index contributed by atoms with van der Waals surface area (Å²) in [4.78, 5) is 36.6. The van der Waals surface area contributed by atoms with Crippen LogP contribution in [0.4, 0.5) is 5.82 Å². The summed E-state index contributed by atoms with van der Waals surface area (Å²) >= 11 is 0. The Kier molecular flexibility index (Phi) is 7.31. The average Bonchev–Trinajstić information content (AvgIpc) is 2.68. The van der Waals surface area contributed by atoms with Crippen molar-refractivity contribution in [1.29, 1.82) is 0 Å². The normalized spacial score (nSPS) is 11.8. The smallest absolute Gasteiger partial charge is 0.342 e. The van der Waals surface area contributed by atoms with E-state index >= 15 is 0 Å². The monoisotopic (exact) mass is 390 g/mol. The zero-order chi connectivity index (χ0) is 20.5. The molecule has 0 saturated carbocycles. The molecule has 1 amide bonds. The number of amides is 1. The molecule has 1 atom stereocenters. The van der Waals surface area contributed by atoms with Crippen molar-refractivity contribution in [3.63, 3.8) is 0 Å². The Labute approximate surface area is 160 Å². The molecule has 2 rings (SSSR count). The number of ether oxygens (including phenoxy) is 2. The molecule has 1 heterocycles. The van der Waals surface area contributed by atoms with Gasteiger partial charge in [0.05, 0.1) is 19.9 Å². The van der Waals surface area contributed by atoms with Crippen molar-refractivity contribution in [1.82, 2.24) is 20.6 Å². The van der Waals surface area contributed by atoms with Crippen molar-refractivity contribution in [2.45, 2.75) is 26.3 Å². The van der Waals surface area contributed by atoms with E-state index in [4.69, 9.17) is 9.47 Å². The highest BCUT2D eigenvalue weighted by atomic mass is 16.5. The molecule has 0 radical (unpaired) electrons. The summed E-state index contributed by atoms with van der Waals surface area (Å²) in [6.07, 6.45) is 2.33. The minimum absolute atomic E-state index is 0.182. The number of carbonyl (C=O) groups excluding carboxylic acids is 1. The zero-order valence-electron chi connectivity index (χ0n) is 15.7. The first-order chi connectivity index (χ1) is 13.4. The first kappa shape index (κ1) is 20.7. The van der Waals surface area contributed by atoms with E-state index in [0.29, 0.717) is 23.7 Å². The number of hydrazone groups is 1. The largest absolute Gasteiger partial charge is 0.493 e. The molecule has 1 unspecified atom stereocenters. The Morgan fingerprint density at radius 2 is 2.14 bits per heavy atom. The lowest BCUT2D eigenvalue weighted by atomic mass is 10.2. The molecule has 4 N–H and O–H groups in total. The summed E-state index contributed by atoms with van der Waals surface area (Å²) in [7, 11) is 1.54. The maximum absolute atomic E-state index is 12.1. The van der Waals surface area contributed by atoms with Crippen molar-refractivity contribution in [3.05, 3.63) is 44.6 Å². The predicted octanol–water partition coefficient (Wildman–Crippen LogP) is 0.206. The molecule has 0 fully saturated rings. The van der Waals surface area contributed by atoms with Gasteiger partial charge in [-0.25, -0.2) is 15.3 Å². The second-order valence-corrected chi connectivity index (χ2v) is 5.71. The van der Waals surface area contributed by atoms with Crippen molar-refractivity contribution in [2.75, 3.05) is 19.0 Å². The molecule has 0 aliphatic heterocycles. The third-order valence-corrected chi connectivity index (χ3v) is 3.50. The Hall–Kier alpha value is -3.63. The number of nitrogens with one attached hydrogen (secondary N) is 4. The van der Waals surface area contributed by atoms with Crippen molar-refractivity contribution >= 4 is 17.9 Å². The summed E-state index contributed by atoms with van der Waals surface area (Å²) in [6.45, 7) is 4.10. The van der Waals surface area contributed by atoms with Gasteiger partial charge in [0.1, 0.15) is 6.04 Å². The van der Waals surface area contributed by atoms with E-state index in [9.17, 15) is 14.4 Å². The van der Waals surface area contributed by atoms with E-state index in [-0.39, 0.29) is 5.82 Å². The molecule has 0 aliphatic rings. The van der Waals surface area contributed by atoms with Crippen LogP contribution in [-0.2, 0) is 4.79 Å². The molecule has 0 aliphatic carbocycles. The molecular formula is C17H22N6O5. The molecule has 28 heavy (non-hydrogen) atoms. The number of aromatic amines is 2. The van der Waals surface area contributed by atoms with Crippen LogP contribution in [0.1, 0.15) is 25.8 Å². The number of rotatable bonds is 9. The molecule has 150 valence electrons. The summed E-state index contributed by atoms with van der Waals surface area (Å²) < 4.78 is 10.9. The van der Waals surface area contributed by atoms with Gasteiger partial charge in [-0.1, -0.05) is 6.92 Å². The average molecular weight is 390 g/mol. The highest BCUT2D eigenvalue weighted by Crippen LogP contribution is 2.27. The Bertz CT molecular complexity index is 952. The van der Waals surface area contributed by atoms with Gasteiger partial charge in [0.15, 0.2) is 11.5 Å². The lowest BCUT2D eigenvalue weighted by Gasteiger charge is -2.11. The number of H-pyrrole nitrogens is 2.